The highest BCUT2D eigenvalue weighted by Gasteiger charge is 2.27. The third-order valence-electron chi connectivity index (χ3n) is 5.62. The number of methoxy groups -OCH3 is 1. The lowest BCUT2D eigenvalue weighted by Gasteiger charge is -2.31. The van der Waals surface area contributed by atoms with Crippen molar-refractivity contribution in [2.45, 2.75) is 31.8 Å². The van der Waals surface area contributed by atoms with E-state index >= 15 is 0 Å². The highest BCUT2D eigenvalue weighted by Crippen LogP contribution is 2.28. The fourth-order valence-corrected chi connectivity index (χ4v) is 4.10. The van der Waals surface area contributed by atoms with Crippen LogP contribution in [-0.4, -0.2) is 54.7 Å². The van der Waals surface area contributed by atoms with Gasteiger partial charge in [0.1, 0.15) is 5.60 Å². The van der Waals surface area contributed by atoms with Gasteiger partial charge in [-0.15, -0.1) is 12.4 Å². The molecule has 0 aliphatic carbocycles. The molecular formula is C28H33ClN2O4. The summed E-state index contributed by atoms with van der Waals surface area (Å²) in [5.74, 6) is -0.793. The molecule has 0 saturated carbocycles. The largest absolute Gasteiger partial charge is 0.465 e. The number of carbonyl (C=O) groups excluding carboxylic acids is 2. The van der Waals surface area contributed by atoms with E-state index in [1.807, 2.05) is 33.0 Å². The maximum absolute atomic E-state index is 12.7. The number of hydrogen-bond acceptors (Lipinski definition) is 6. The van der Waals surface area contributed by atoms with Gasteiger partial charge in [-0.25, -0.2) is 9.59 Å². The van der Waals surface area contributed by atoms with Crippen molar-refractivity contribution in [1.82, 2.24) is 9.88 Å². The number of pyridine rings is 1. The summed E-state index contributed by atoms with van der Waals surface area (Å²) in [7, 11) is 3.31. The topological polar surface area (TPSA) is 68.7 Å². The molecule has 0 aliphatic heterocycles. The first-order valence-corrected chi connectivity index (χ1v) is 11.3. The molecule has 2 aromatic carbocycles. The van der Waals surface area contributed by atoms with Crippen LogP contribution in [0.2, 0.25) is 0 Å². The average Bonchev–Trinajstić information content (AvgIpc) is 2.84. The first-order chi connectivity index (χ1) is 16.3. The van der Waals surface area contributed by atoms with Gasteiger partial charge in [0.15, 0.2) is 0 Å². The van der Waals surface area contributed by atoms with E-state index in [1.165, 1.54) is 36.7 Å². The minimum absolute atomic E-state index is 0. The Morgan fingerprint density at radius 1 is 0.914 bits per heavy atom. The van der Waals surface area contributed by atoms with Crippen LogP contribution >= 0.6 is 12.4 Å². The molecule has 0 unspecified atom stereocenters. The van der Waals surface area contributed by atoms with Gasteiger partial charge >= 0.3 is 11.9 Å². The molecule has 0 atom stereocenters. The molecule has 6 nitrogen and oxygen atoms in total. The van der Waals surface area contributed by atoms with E-state index < -0.39 is 17.5 Å². The van der Waals surface area contributed by atoms with Crippen molar-refractivity contribution in [3.8, 4) is 0 Å². The first-order valence-electron chi connectivity index (χ1n) is 11.3. The Bertz CT molecular complexity index is 1050. The fraction of sp³-hybridized carbons (Fsp3) is 0.321. The van der Waals surface area contributed by atoms with Crippen molar-refractivity contribution in [2.24, 2.45) is 0 Å². The number of benzene rings is 2. The SMILES string of the molecule is COC(=O)c1cncc(C(=O)OC(C)(C)CN(C)CCC(c2ccccc2)c2ccccc2)c1.Cl. The second-order valence-corrected chi connectivity index (χ2v) is 9.00. The molecule has 0 saturated heterocycles. The number of aromatic nitrogens is 1. The minimum atomic E-state index is -0.734. The third kappa shape index (κ3) is 8.19. The van der Waals surface area contributed by atoms with E-state index in [9.17, 15) is 9.59 Å². The number of rotatable bonds is 10. The van der Waals surface area contributed by atoms with Crippen LogP contribution in [0.4, 0.5) is 0 Å². The van der Waals surface area contributed by atoms with Crippen LogP contribution in [0.15, 0.2) is 79.1 Å². The second-order valence-electron chi connectivity index (χ2n) is 9.00. The van der Waals surface area contributed by atoms with Crippen molar-refractivity contribution in [2.75, 3.05) is 27.2 Å². The van der Waals surface area contributed by atoms with Crippen LogP contribution in [0.3, 0.4) is 0 Å². The van der Waals surface area contributed by atoms with Crippen molar-refractivity contribution < 1.29 is 19.1 Å². The van der Waals surface area contributed by atoms with Gasteiger partial charge in [0.25, 0.3) is 0 Å². The lowest BCUT2D eigenvalue weighted by atomic mass is 9.88. The molecule has 0 radical (unpaired) electrons. The normalized spacial score (nSPS) is 11.1. The van der Waals surface area contributed by atoms with Crippen LogP contribution < -0.4 is 0 Å². The number of nitrogens with zero attached hydrogens (tertiary/aromatic N) is 2. The molecule has 0 fully saturated rings. The summed E-state index contributed by atoms with van der Waals surface area (Å²) >= 11 is 0. The number of halogens is 1. The molecule has 0 aliphatic rings. The predicted octanol–water partition coefficient (Wildman–Crippen LogP) is 5.38. The Kier molecular flexibility index (Phi) is 10.4. The summed E-state index contributed by atoms with van der Waals surface area (Å²) in [6.07, 6.45) is 3.68. The van der Waals surface area contributed by atoms with Crippen LogP contribution in [0, 0.1) is 0 Å². The molecule has 0 spiro atoms. The number of ether oxygens (including phenoxy) is 2. The summed E-state index contributed by atoms with van der Waals surface area (Å²) in [4.78, 5) is 30.6. The van der Waals surface area contributed by atoms with Gasteiger partial charge in [-0.3, -0.25) is 4.98 Å². The smallest absolute Gasteiger partial charge is 0.340 e. The molecule has 35 heavy (non-hydrogen) atoms. The molecule has 0 bridgehead atoms. The number of likely N-dealkylation sites (N-methyl/N-ethyl adjacent to an activating group) is 1. The zero-order valence-corrected chi connectivity index (χ0v) is 21.5. The minimum Gasteiger partial charge on any atom is -0.465 e. The molecule has 1 heterocycles. The van der Waals surface area contributed by atoms with Gasteiger partial charge in [0.2, 0.25) is 0 Å². The summed E-state index contributed by atoms with van der Waals surface area (Å²) in [5, 5.41) is 0. The number of esters is 2. The molecular weight excluding hydrogens is 464 g/mol. The Hall–Kier alpha value is -3.22. The van der Waals surface area contributed by atoms with Crippen molar-refractivity contribution in [3.63, 3.8) is 0 Å². The van der Waals surface area contributed by atoms with Crippen LogP contribution in [0.25, 0.3) is 0 Å². The van der Waals surface area contributed by atoms with Crippen LogP contribution in [0.1, 0.15) is 58.0 Å². The highest BCUT2D eigenvalue weighted by molar-refractivity contribution is 5.94. The maximum atomic E-state index is 12.7. The second kappa shape index (κ2) is 13.0. The summed E-state index contributed by atoms with van der Waals surface area (Å²) < 4.78 is 10.5. The Labute approximate surface area is 213 Å². The van der Waals surface area contributed by atoms with E-state index in [4.69, 9.17) is 9.47 Å². The van der Waals surface area contributed by atoms with Crippen molar-refractivity contribution in [1.29, 1.82) is 0 Å². The van der Waals surface area contributed by atoms with E-state index in [0.717, 1.165) is 13.0 Å². The Morgan fingerprint density at radius 3 is 1.94 bits per heavy atom. The summed E-state index contributed by atoms with van der Waals surface area (Å²) in [6.45, 7) is 5.14. The van der Waals surface area contributed by atoms with Crippen molar-refractivity contribution in [3.05, 3.63) is 101 Å². The lowest BCUT2D eigenvalue weighted by Crippen LogP contribution is -2.41. The summed E-state index contributed by atoms with van der Waals surface area (Å²) in [5.41, 5.74) is 2.25. The van der Waals surface area contributed by atoms with Gasteiger partial charge < -0.3 is 14.4 Å². The monoisotopic (exact) mass is 496 g/mol. The Balaban J connectivity index is 0.00000432. The third-order valence-corrected chi connectivity index (χ3v) is 5.62. The van der Waals surface area contributed by atoms with Crippen LogP contribution in [0.5, 0.6) is 0 Å². The average molecular weight is 497 g/mol. The molecule has 1 aromatic heterocycles. The molecule has 3 aromatic rings. The first kappa shape index (κ1) is 28.0. The van der Waals surface area contributed by atoms with E-state index in [-0.39, 0.29) is 29.5 Å². The lowest BCUT2D eigenvalue weighted by molar-refractivity contribution is -0.0136. The van der Waals surface area contributed by atoms with Crippen LogP contribution in [-0.2, 0) is 9.47 Å². The summed E-state index contributed by atoms with van der Waals surface area (Å²) in [6, 6.07) is 22.5. The van der Waals surface area contributed by atoms with Gasteiger partial charge in [0, 0.05) is 24.9 Å². The van der Waals surface area contributed by atoms with Gasteiger partial charge in [-0.1, -0.05) is 60.7 Å². The predicted molar refractivity (Wildman–Crippen MR) is 139 cm³/mol. The van der Waals surface area contributed by atoms with Gasteiger partial charge in [-0.05, 0) is 51.1 Å². The molecule has 7 heteroatoms. The maximum Gasteiger partial charge on any atom is 0.340 e. The number of carbonyl (C=O) groups is 2. The van der Waals surface area contributed by atoms with Crippen molar-refractivity contribution >= 4 is 24.3 Å². The zero-order valence-electron chi connectivity index (χ0n) is 20.6. The molecule has 0 amide bonds. The molecule has 0 N–H and O–H groups in total. The van der Waals surface area contributed by atoms with E-state index in [0.29, 0.717) is 6.54 Å². The molecule has 186 valence electrons. The number of hydrogen-bond donors (Lipinski definition) is 0. The molecule has 3 rings (SSSR count). The standard InChI is InChI=1S/C28H32N2O4.ClH/c1-28(2,34-27(32)24-17-23(18-29-19-24)26(31)33-4)20-30(3)16-15-25(21-11-7-5-8-12-21)22-13-9-6-10-14-22;/h5-14,17-19,25H,15-16,20H2,1-4H3;1H. The van der Waals surface area contributed by atoms with E-state index in [2.05, 4.69) is 58.4 Å². The fourth-order valence-electron chi connectivity index (χ4n) is 4.10. The van der Waals surface area contributed by atoms with Gasteiger partial charge in [-0.2, -0.15) is 0 Å². The zero-order chi connectivity index (χ0) is 24.6. The highest BCUT2D eigenvalue weighted by atomic mass is 35.5. The van der Waals surface area contributed by atoms with Gasteiger partial charge in [0.05, 0.1) is 18.2 Å². The Morgan fingerprint density at radius 2 is 1.43 bits per heavy atom. The quantitative estimate of drug-likeness (QED) is 0.351. The van der Waals surface area contributed by atoms with E-state index in [1.54, 1.807) is 0 Å².